The molecule has 30 heavy (non-hydrogen) atoms. The molecule has 2 amide bonds. The molecule has 1 aromatic heterocycles. The van der Waals surface area contributed by atoms with Crippen LogP contribution in [0, 0.1) is 0 Å². The van der Waals surface area contributed by atoms with Crippen molar-refractivity contribution in [1.82, 2.24) is 9.78 Å². The quantitative estimate of drug-likeness (QED) is 0.634. The van der Waals surface area contributed by atoms with Crippen LogP contribution in [0.2, 0.25) is 0 Å². The Morgan fingerprint density at radius 1 is 1.13 bits per heavy atom. The highest BCUT2D eigenvalue weighted by atomic mass is 32.2. The van der Waals surface area contributed by atoms with Crippen LogP contribution in [0.3, 0.4) is 0 Å². The Labute approximate surface area is 177 Å². The molecule has 0 saturated heterocycles. The van der Waals surface area contributed by atoms with E-state index in [2.05, 4.69) is 10.4 Å². The molecule has 0 saturated carbocycles. The summed E-state index contributed by atoms with van der Waals surface area (Å²) in [5.74, 6) is 0.823. The molecular weight excluding hydrogens is 412 g/mol. The zero-order valence-electron chi connectivity index (χ0n) is 16.5. The Balaban J connectivity index is 0.000000168. The molecule has 0 radical (unpaired) electrons. The monoisotopic (exact) mass is 437 g/mol. The molecule has 0 fully saturated rings. The molecule has 0 bridgehead atoms. The molecule has 0 unspecified atom stereocenters. The van der Waals surface area contributed by atoms with Gasteiger partial charge in [-0.25, -0.2) is 18.3 Å². The predicted molar refractivity (Wildman–Crippen MR) is 111 cm³/mol. The molecule has 0 atom stereocenters. The third kappa shape index (κ3) is 3.85. The maximum atomic E-state index is 13.4. The standard InChI is InChI=1S/C14H16F2N2O.C6H9N3OS/c15-13(16)11-7-3-1-5-9(7)12(18-14(17)19)10-6-2-4-8(10)11;7-11-5-4-8-9-2-1-3-10-6(5)9/h13H,1-6H2,(H3,17,18,19);4H,1-3,7H2. The van der Waals surface area contributed by atoms with E-state index in [0.717, 1.165) is 84.0 Å². The van der Waals surface area contributed by atoms with Crippen LogP contribution in [0.25, 0.3) is 0 Å². The fourth-order valence-corrected chi connectivity index (χ4v) is 5.03. The summed E-state index contributed by atoms with van der Waals surface area (Å²) in [4.78, 5) is 12.1. The lowest BCUT2D eigenvalue weighted by Crippen LogP contribution is -2.22. The van der Waals surface area contributed by atoms with Gasteiger partial charge in [0.15, 0.2) is 0 Å². The number of carbonyl (C=O) groups excluding carboxylic acids is 1. The Morgan fingerprint density at radius 3 is 2.33 bits per heavy atom. The molecule has 2 aromatic rings. The van der Waals surface area contributed by atoms with Crippen LogP contribution >= 0.6 is 11.9 Å². The van der Waals surface area contributed by atoms with Crippen LogP contribution in [-0.4, -0.2) is 22.4 Å². The lowest BCUT2D eigenvalue weighted by atomic mass is 9.92. The van der Waals surface area contributed by atoms with Crippen LogP contribution in [0.15, 0.2) is 11.1 Å². The fraction of sp³-hybridized carbons (Fsp3) is 0.500. The highest BCUT2D eigenvalue weighted by Gasteiger charge is 2.32. The van der Waals surface area contributed by atoms with Crippen molar-refractivity contribution in [2.75, 3.05) is 11.9 Å². The van der Waals surface area contributed by atoms with Gasteiger partial charge in [0.1, 0.15) is 4.90 Å². The molecule has 0 spiro atoms. The number of alkyl halides is 2. The molecule has 2 heterocycles. The van der Waals surface area contributed by atoms with Gasteiger partial charge in [-0.3, -0.25) is 5.14 Å². The van der Waals surface area contributed by atoms with E-state index in [1.54, 1.807) is 6.20 Å². The average Bonchev–Trinajstić information content (AvgIpc) is 3.46. The van der Waals surface area contributed by atoms with Crippen LogP contribution < -0.4 is 20.9 Å². The van der Waals surface area contributed by atoms with Gasteiger partial charge < -0.3 is 15.8 Å². The number of nitrogens with one attached hydrogen (secondary N) is 1. The third-order valence-electron chi connectivity index (χ3n) is 5.80. The lowest BCUT2D eigenvalue weighted by molar-refractivity contribution is 0.149. The summed E-state index contributed by atoms with van der Waals surface area (Å²) in [5.41, 5.74) is 9.43. The van der Waals surface area contributed by atoms with E-state index in [-0.39, 0.29) is 5.56 Å². The summed E-state index contributed by atoms with van der Waals surface area (Å²) in [6.07, 6.45) is 4.92. The van der Waals surface area contributed by atoms with Crippen LogP contribution in [0.5, 0.6) is 5.88 Å². The van der Waals surface area contributed by atoms with Gasteiger partial charge in [0.05, 0.1) is 12.8 Å². The first kappa shape index (κ1) is 20.9. The van der Waals surface area contributed by atoms with E-state index < -0.39 is 12.5 Å². The van der Waals surface area contributed by atoms with Crippen LogP contribution in [-0.2, 0) is 32.2 Å². The smallest absolute Gasteiger partial charge is 0.316 e. The number of anilines is 1. The second-order valence-electron chi connectivity index (χ2n) is 7.56. The molecular formula is C20H25F2N5O2S. The maximum Gasteiger partial charge on any atom is 0.316 e. The van der Waals surface area contributed by atoms with Gasteiger partial charge in [0.2, 0.25) is 5.88 Å². The summed E-state index contributed by atoms with van der Waals surface area (Å²) < 4.78 is 34.0. The number of urea groups is 1. The number of rotatable bonds is 3. The summed E-state index contributed by atoms with van der Waals surface area (Å²) in [6, 6.07) is -0.618. The molecule has 162 valence electrons. The molecule has 7 nitrogen and oxygen atoms in total. The van der Waals surface area contributed by atoms with Crippen molar-refractivity contribution in [1.29, 1.82) is 0 Å². The number of nitrogens with zero attached hydrogens (tertiary/aromatic N) is 2. The number of halogens is 2. The number of aromatic nitrogens is 2. The largest absolute Gasteiger partial charge is 0.477 e. The summed E-state index contributed by atoms with van der Waals surface area (Å²) in [6.45, 7) is 1.72. The Kier molecular flexibility index (Phi) is 6.14. The Bertz CT molecular complexity index is 915. The minimum atomic E-state index is -2.43. The topological polar surface area (TPSA) is 108 Å². The summed E-state index contributed by atoms with van der Waals surface area (Å²) in [7, 11) is 0. The summed E-state index contributed by atoms with van der Waals surface area (Å²) >= 11 is 1.18. The second-order valence-corrected chi connectivity index (χ2v) is 8.23. The number of aryl methyl sites for hydroxylation is 1. The van der Waals surface area contributed by atoms with E-state index >= 15 is 0 Å². The van der Waals surface area contributed by atoms with Crippen LogP contribution in [0.1, 0.15) is 53.5 Å². The van der Waals surface area contributed by atoms with Crippen molar-refractivity contribution < 1.29 is 18.3 Å². The van der Waals surface area contributed by atoms with Crippen molar-refractivity contribution in [2.45, 2.75) is 62.8 Å². The van der Waals surface area contributed by atoms with E-state index in [4.69, 9.17) is 15.6 Å². The minimum Gasteiger partial charge on any atom is -0.477 e. The lowest BCUT2D eigenvalue weighted by Gasteiger charge is -2.19. The van der Waals surface area contributed by atoms with Gasteiger partial charge in [-0.2, -0.15) is 5.10 Å². The van der Waals surface area contributed by atoms with Gasteiger partial charge in [0, 0.05) is 24.2 Å². The number of benzene rings is 1. The van der Waals surface area contributed by atoms with Gasteiger partial charge in [-0.05, 0) is 72.7 Å². The zero-order valence-corrected chi connectivity index (χ0v) is 17.4. The van der Waals surface area contributed by atoms with Crippen molar-refractivity contribution in [2.24, 2.45) is 10.9 Å². The highest BCUT2D eigenvalue weighted by Crippen LogP contribution is 2.44. The minimum absolute atomic E-state index is 0.232. The van der Waals surface area contributed by atoms with E-state index in [9.17, 15) is 13.6 Å². The first-order valence-electron chi connectivity index (χ1n) is 10.1. The summed E-state index contributed by atoms with van der Waals surface area (Å²) in [5, 5.41) is 12.2. The SMILES string of the molecule is NC(=O)Nc1c2c(c(C(F)F)c3c1CCC3)CCC2.NSc1cnn2c1OCCC2. The average molecular weight is 438 g/mol. The normalized spacial score (nSPS) is 16.3. The third-order valence-corrected chi connectivity index (χ3v) is 6.33. The number of fused-ring (bicyclic) bond motifs is 3. The van der Waals surface area contributed by atoms with E-state index in [0.29, 0.717) is 12.8 Å². The number of nitrogens with two attached hydrogens (primary N) is 2. The Morgan fingerprint density at radius 2 is 1.77 bits per heavy atom. The molecule has 1 aromatic carbocycles. The molecule has 2 aliphatic carbocycles. The van der Waals surface area contributed by atoms with Gasteiger partial charge in [-0.1, -0.05) is 0 Å². The number of amides is 2. The molecule has 5 rings (SSSR count). The number of carbonyl (C=O) groups is 1. The van der Waals surface area contributed by atoms with Crippen molar-refractivity contribution >= 4 is 23.7 Å². The number of hydrogen-bond donors (Lipinski definition) is 3. The molecule has 5 N–H and O–H groups in total. The van der Waals surface area contributed by atoms with Crippen molar-refractivity contribution in [3.05, 3.63) is 34.0 Å². The predicted octanol–water partition coefficient (Wildman–Crippen LogP) is 3.72. The fourth-order valence-electron chi connectivity index (χ4n) is 4.66. The van der Waals surface area contributed by atoms with E-state index in [1.807, 2.05) is 4.68 Å². The van der Waals surface area contributed by atoms with E-state index in [1.165, 1.54) is 11.9 Å². The zero-order chi connectivity index (χ0) is 21.3. The number of ether oxygens (including phenoxy) is 1. The van der Waals surface area contributed by atoms with Crippen LogP contribution in [0.4, 0.5) is 19.3 Å². The first-order valence-corrected chi connectivity index (χ1v) is 11.0. The number of hydrogen-bond acceptors (Lipinski definition) is 5. The van der Waals surface area contributed by atoms with Crippen molar-refractivity contribution in [3.8, 4) is 5.88 Å². The second kappa shape index (κ2) is 8.81. The van der Waals surface area contributed by atoms with Gasteiger partial charge in [-0.15, -0.1) is 0 Å². The highest BCUT2D eigenvalue weighted by molar-refractivity contribution is 7.97. The molecule has 10 heteroatoms. The maximum absolute atomic E-state index is 13.4. The van der Waals surface area contributed by atoms with Gasteiger partial charge >= 0.3 is 6.03 Å². The number of primary amides is 1. The van der Waals surface area contributed by atoms with Crippen molar-refractivity contribution in [3.63, 3.8) is 0 Å². The van der Waals surface area contributed by atoms with Gasteiger partial charge in [0.25, 0.3) is 6.43 Å². The molecule has 3 aliphatic rings. The first-order chi connectivity index (χ1) is 14.5. The Hall–Kier alpha value is -2.33. The molecule has 1 aliphatic heterocycles.